The number of amides is 1. The molecular weight excluding hydrogens is 180 g/mol. The molecule has 76 valence electrons. The van der Waals surface area contributed by atoms with Gasteiger partial charge < -0.3 is 10.1 Å². The SMILES string of the molecule is COC(=O)NC1CCCCC1(F)F. The number of ether oxygens (including phenoxy) is 1. The molecule has 0 saturated heterocycles. The molecule has 1 fully saturated rings. The molecule has 1 amide bonds. The Morgan fingerprint density at radius 3 is 2.77 bits per heavy atom. The summed E-state index contributed by atoms with van der Waals surface area (Å²) < 4.78 is 30.5. The van der Waals surface area contributed by atoms with Crippen LogP contribution >= 0.6 is 0 Å². The zero-order valence-electron chi connectivity index (χ0n) is 7.48. The van der Waals surface area contributed by atoms with E-state index in [0.717, 1.165) is 13.5 Å². The Morgan fingerprint density at radius 1 is 1.54 bits per heavy atom. The number of halogens is 2. The van der Waals surface area contributed by atoms with Gasteiger partial charge in [0.15, 0.2) is 0 Å². The lowest BCUT2D eigenvalue weighted by atomic mass is 9.92. The number of alkyl halides is 2. The van der Waals surface area contributed by atoms with E-state index in [1.807, 2.05) is 0 Å². The van der Waals surface area contributed by atoms with Crippen LogP contribution in [0.3, 0.4) is 0 Å². The maximum Gasteiger partial charge on any atom is 0.407 e. The molecule has 0 radical (unpaired) electrons. The smallest absolute Gasteiger partial charge is 0.407 e. The average molecular weight is 193 g/mol. The molecule has 1 aliphatic carbocycles. The van der Waals surface area contributed by atoms with Gasteiger partial charge in [0.2, 0.25) is 0 Å². The average Bonchev–Trinajstić information content (AvgIpc) is 2.08. The van der Waals surface area contributed by atoms with Crippen LogP contribution in [0.2, 0.25) is 0 Å². The molecule has 0 aliphatic heterocycles. The number of alkyl carbamates (subject to hydrolysis) is 1. The molecular formula is C8H13F2NO2. The minimum atomic E-state index is -2.79. The molecule has 1 atom stereocenters. The molecule has 1 unspecified atom stereocenters. The van der Waals surface area contributed by atoms with Crippen molar-refractivity contribution in [1.82, 2.24) is 5.32 Å². The maximum atomic E-state index is 13.1. The van der Waals surface area contributed by atoms with Crippen molar-refractivity contribution in [3.63, 3.8) is 0 Å². The second-order valence-corrected chi connectivity index (χ2v) is 3.20. The van der Waals surface area contributed by atoms with Crippen LogP contribution in [-0.2, 0) is 4.74 Å². The molecule has 1 N–H and O–H groups in total. The standard InChI is InChI=1S/C8H13F2NO2/c1-13-7(12)11-6-4-2-3-5-8(6,9)10/h6H,2-5H2,1H3,(H,11,12). The first-order valence-corrected chi connectivity index (χ1v) is 4.28. The highest BCUT2D eigenvalue weighted by atomic mass is 19.3. The van der Waals surface area contributed by atoms with Crippen LogP contribution in [0.4, 0.5) is 13.6 Å². The number of hydrogen-bond donors (Lipinski definition) is 1. The third-order valence-corrected chi connectivity index (χ3v) is 2.24. The number of rotatable bonds is 1. The second kappa shape index (κ2) is 3.89. The summed E-state index contributed by atoms with van der Waals surface area (Å²) in [6, 6.07) is -1.06. The highest BCUT2D eigenvalue weighted by Crippen LogP contribution is 2.33. The van der Waals surface area contributed by atoms with Gasteiger partial charge in [0, 0.05) is 6.42 Å². The second-order valence-electron chi connectivity index (χ2n) is 3.20. The summed E-state index contributed by atoms with van der Waals surface area (Å²) >= 11 is 0. The van der Waals surface area contributed by atoms with Crippen LogP contribution in [0.5, 0.6) is 0 Å². The van der Waals surface area contributed by atoms with Crippen molar-refractivity contribution in [3.05, 3.63) is 0 Å². The highest BCUT2D eigenvalue weighted by molar-refractivity contribution is 5.67. The van der Waals surface area contributed by atoms with Gasteiger partial charge in [-0.25, -0.2) is 13.6 Å². The summed E-state index contributed by atoms with van der Waals surface area (Å²) in [5.41, 5.74) is 0. The Morgan fingerprint density at radius 2 is 2.23 bits per heavy atom. The Hall–Kier alpha value is -0.870. The third kappa shape index (κ3) is 2.54. The molecule has 13 heavy (non-hydrogen) atoms. The van der Waals surface area contributed by atoms with Gasteiger partial charge in [0.1, 0.15) is 0 Å². The predicted molar refractivity (Wildman–Crippen MR) is 42.7 cm³/mol. The molecule has 0 bridgehead atoms. The molecule has 1 rings (SSSR count). The van der Waals surface area contributed by atoms with Crippen LogP contribution in [-0.4, -0.2) is 25.2 Å². The van der Waals surface area contributed by atoms with Crippen LogP contribution in [0.15, 0.2) is 0 Å². The first-order chi connectivity index (χ1) is 6.06. The van der Waals surface area contributed by atoms with Crippen molar-refractivity contribution in [3.8, 4) is 0 Å². The van der Waals surface area contributed by atoms with Gasteiger partial charge in [0.05, 0.1) is 13.2 Å². The molecule has 3 nitrogen and oxygen atoms in total. The van der Waals surface area contributed by atoms with Gasteiger partial charge in [-0.3, -0.25) is 0 Å². The third-order valence-electron chi connectivity index (χ3n) is 2.24. The first kappa shape index (κ1) is 10.2. The van der Waals surface area contributed by atoms with Crippen LogP contribution < -0.4 is 5.32 Å². The molecule has 0 aromatic heterocycles. The van der Waals surface area contributed by atoms with Gasteiger partial charge in [-0.1, -0.05) is 6.42 Å². The van der Waals surface area contributed by atoms with Gasteiger partial charge in [-0.15, -0.1) is 0 Å². The maximum absolute atomic E-state index is 13.1. The lowest BCUT2D eigenvalue weighted by molar-refractivity contribution is -0.0619. The summed E-state index contributed by atoms with van der Waals surface area (Å²) in [6.07, 6.45) is 0.631. The quantitative estimate of drug-likeness (QED) is 0.690. The van der Waals surface area contributed by atoms with Gasteiger partial charge in [0.25, 0.3) is 5.92 Å². The van der Waals surface area contributed by atoms with Crippen molar-refractivity contribution in [1.29, 1.82) is 0 Å². The lowest BCUT2D eigenvalue weighted by Gasteiger charge is -2.31. The molecule has 1 saturated carbocycles. The van der Waals surface area contributed by atoms with E-state index >= 15 is 0 Å². The minimum absolute atomic E-state index is 0.151. The van der Waals surface area contributed by atoms with Gasteiger partial charge in [-0.2, -0.15) is 0 Å². The van der Waals surface area contributed by atoms with Crippen LogP contribution in [0.1, 0.15) is 25.7 Å². The fourth-order valence-corrected chi connectivity index (χ4v) is 1.47. The predicted octanol–water partition coefficient (Wildman–Crippen LogP) is 1.92. The van der Waals surface area contributed by atoms with E-state index in [1.54, 1.807) is 0 Å². The summed E-state index contributed by atoms with van der Waals surface area (Å²) in [5, 5.41) is 2.15. The van der Waals surface area contributed by atoms with E-state index in [0.29, 0.717) is 12.8 Å². The number of carbonyl (C=O) groups is 1. The summed E-state index contributed by atoms with van der Waals surface area (Å²) in [6.45, 7) is 0. The number of methoxy groups -OCH3 is 1. The molecule has 0 heterocycles. The molecule has 0 aromatic rings. The topological polar surface area (TPSA) is 38.3 Å². The van der Waals surface area contributed by atoms with E-state index < -0.39 is 18.1 Å². The largest absolute Gasteiger partial charge is 0.453 e. The Labute approximate surface area is 75.4 Å². The fraction of sp³-hybridized carbons (Fsp3) is 0.875. The lowest BCUT2D eigenvalue weighted by Crippen LogP contribution is -2.49. The number of carbonyl (C=O) groups excluding carboxylic acids is 1. The summed E-state index contributed by atoms with van der Waals surface area (Å²) in [4.78, 5) is 10.7. The number of nitrogens with one attached hydrogen (secondary N) is 1. The Bertz CT molecular complexity index is 197. The van der Waals surface area contributed by atoms with Gasteiger partial charge >= 0.3 is 6.09 Å². The van der Waals surface area contributed by atoms with Crippen LogP contribution in [0.25, 0.3) is 0 Å². The fourth-order valence-electron chi connectivity index (χ4n) is 1.47. The van der Waals surface area contributed by atoms with Crippen LogP contribution in [0, 0.1) is 0 Å². The highest BCUT2D eigenvalue weighted by Gasteiger charge is 2.42. The normalized spacial score (nSPS) is 26.5. The number of hydrogen-bond acceptors (Lipinski definition) is 2. The summed E-state index contributed by atoms with van der Waals surface area (Å²) in [7, 11) is 1.16. The van der Waals surface area contributed by atoms with Crippen molar-refractivity contribution < 1.29 is 18.3 Å². The van der Waals surface area contributed by atoms with Crippen molar-refractivity contribution in [2.24, 2.45) is 0 Å². The molecule has 0 spiro atoms. The molecule has 1 aliphatic rings. The van der Waals surface area contributed by atoms with Crippen molar-refractivity contribution in [2.45, 2.75) is 37.6 Å². The van der Waals surface area contributed by atoms with E-state index in [4.69, 9.17) is 0 Å². The van der Waals surface area contributed by atoms with Gasteiger partial charge in [-0.05, 0) is 12.8 Å². The van der Waals surface area contributed by atoms with E-state index in [1.165, 1.54) is 0 Å². The van der Waals surface area contributed by atoms with E-state index in [2.05, 4.69) is 10.1 Å². The van der Waals surface area contributed by atoms with E-state index in [9.17, 15) is 13.6 Å². The minimum Gasteiger partial charge on any atom is -0.453 e. The Balaban J connectivity index is 2.51. The molecule has 0 aromatic carbocycles. The van der Waals surface area contributed by atoms with Crippen molar-refractivity contribution in [2.75, 3.05) is 7.11 Å². The first-order valence-electron chi connectivity index (χ1n) is 4.28. The molecule has 5 heteroatoms. The zero-order chi connectivity index (χ0) is 9.90. The zero-order valence-corrected chi connectivity index (χ0v) is 7.48. The van der Waals surface area contributed by atoms with E-state index in [-0.39, 0.29) is 6.42 Å². The Kier molecular flexibility index (Phi) is 3.06. The monoisotopic (exact) mass is 193 g/mol. The van der Waals surface area contributed by atoms with Crippen molar-refractivity contribution >= 4 is 6.09 Å². The summed E-state index contributed by atoms with van der Waals surface area (Å²) in [5.74, 6) is -2.79.